The predicted octanol–water partition coefficient (Wildman–Crippen LogP) is 1.13. The summed E-state index contributed by atoms with van der Waals surface area (Å²) in [5, 5.41) is 3.16. The van der Waals surface area contributed by atoms with Crippen molar-refractivity contribution < 1.29 is 4.79 Å². The summed E-state index contributed by atoms with van der Waals surface area (Å²) in [4.78, 5) is 13.5. The molecule has 0 spiro atoms. The van der Waals surface area contributed by atoms with Crippen LogP contribution in [0.1, 0.15) is 11.6 Å². The van der Waals surface area contributed by atoms with Crippen LogP contribution in [0.15, 0.2) is 28.7 Å². The number of carbonyl (C=O) groups is 1. The molecule has 0 fully saturated rings. The number of rotatable bonds is 6. The van der Waals surface area contributed by atoms with Gasteiger partial charge in [0, 0.05) is 17.6 Å². The minimum absolute atomic E-state index is 0.365. The van der Waals surface area contributed by atoms with E-state index < -0.39 is 6.04 Å². The zero-order valence-corrected chi connectivity index (χ0v) is 11.7. The van der Waals surface area contributed by atoms with Gasteiger partial charge in [0.15, 0.2) is 0 Å². The Bertz CT molecular complexity index is 382. The first-order chi connectivity index (χ1) is 8.02. The van der Waals surface area contributed by atoms with E-state index in [2.05, 4.69) is 21.2 Å². The Morgan fingerprint density at radius 3 is 2.65 bits per heavy atom. The highest BCUT2D eigenvalue weighted by Gasteiger charge is 2.18. The number of nitrogens with zero attached hydrogens (tertiary/aromatic N) is 1. The Balaban J connectivity index is 2.73. The van der Waals surface area contributed by atoms with Crippen LogP contribution in [-0.4, -0.2) is 38.0 Å². The van der Waals surface area contributed by atoms with Gasteiger partial charge >= 0.3 is 0 Å². The summed E-state index contributed by atoms with van der Waals surface area (Å²) >= 11 is 3.43. The largest absolute Gasteiger partial charge is 0.368 e. The van der Waals surface area contributed by atoms with Crippen molar-refractivity contribution in [3.63, 3.8) is 0 Å². The number of likely N-dealkylation sites (N-methyl/N-ethyl adjacent to an activating group) is 1. The van der Waals surface area contributed by atoms with Gasteiger partial charge < -0.3 is 16.0 Å². The molecule has 1 aromatic rings. The van der Waals surface area contributed by atoms with E-state index in [0.717, 1.165) is 16.6 Å². The molecule has 0 saturated heterocycles. The van der Waals surface area contributed by atoms with Gasteiger partial charge in [0.1, 0.15) is 6.04 Å². The smallest absolute Gasteiger partial charge is 0.239 e. The van der Waals surface area contributed by atoms with Gasteiger partial charge in [0.2, 0.25) is 5.91 Å². The fourth-order valence-electron chi connectivity index (χ4n) is 1.51. The summed E-state index contributed by atoms with van der Waals surface area (Å²) in [6, 6.07) is 7.14. The average Bonchev–Trinajstić information content (AvgIpc) is 2.25. The van der Waals surface area contributed by atoms with E-state index in [9.17, 15) is 4.79 Å². The van der Waals surface area contributed by atoms with Crippen LogP contribution < -0.4 is 11.1 Å². The van der Waals surface area contributed by atoms with Crippen molar-refractivity contribution in [2.75, 3.05) is 27.2 Å². The molecule has 94 valence electrons. The molecule has 1 unspecified atom stereocenters. The van der Waals surface area contributed by atoms with Crippen molar-refractivity contribution in [2.45, 2.75) is 6.04 Å². The standard InChI is InChI=1S/C12H18BrN3O/c1-16(2)8-7-15-11(12(14)17)9-5-3-4-6-10(9)13/h3-6,11,15H,7-8H2,1-2H3,(H2,14,17). The fraction of sp³-hybridized carbons (Fsp3) is 0.417. The molecular formula is C12H18BrN3O. The maximum atomic E-state index is 11.5. The topological polar surface area (TPSA) is 58.4 Å². The molecule has 1 aromatic carbocycles. The first kappa shape index (κ1) is 14.2. The lowest BCUT2D eigenvalue weighted by Crippen LogP contribution is -2.37. The Morgan fingerprint density at radius 2 is 2.12 bits per heavy atom. The molecule has 17 heavy (non-hydrogen) atoms. The van der Waals surface area contributed by atoms with Crippen LogP contribution in [0, 0.1) is 0 Å². The molecule has 1 atom stereocenters. The lowest BCUT2D eigenvalue weighted by atomic mass is 10.1. The van der Waals surface area contributed by atoms with Gasteiger partial charge in [0.25, 0.3) is 0 Å². The summed E-state index contributed by atoms with van der Waals surface area (Å²) < 4.78 is 0.890. The molecule has 0 radical (unpaired) electrons. The lowest BCUT2D eigenvalue weighted by Gasteiger charge is -2.18. The molecule has 0 aliphatic heterocycles. The second-order valence-corrected chi connectivity index (χ2v) is 4.97. The van der Waals surface area contributed by atoms with E-state index in [1.54, 1.807) is 0 Å². The molecule has 0 aliphatic rings. The van der Waals surface area contributed by atoms with Crippen LogP contribution in [0.2, 0.25) is 0 Å². The number of benzene rings is 1. The van der Waals surface area contributed by atoms with E-state index in [4.69, 9.17) is 5.73 Å². The van der Waals surface area contributed by atoms with Gasteiger partial charge in [-0.25, -0.2) is 0 Å². The molecule has 1 amide bonds. The number of carbonyl (C=O) groups excluding carboxylic acids is 1. The number of hydrogen-bond acceptors (Lipinski definition) is 3. The molecule has 5 heteroatoms. The van der Waals surface area contributed by atoms with Gasteiger partial charge in [-0.05, 0) is 25.7 Å². The van der Waals surface area contributed by atoms with Crippen LogP contribution >= 0.6 is 15.9 Å². The fourth-order valence-corrected chi connectivity index (χ4v) is 2.02. The summed E-state index contributed by atoms with van der Waals surface area (Å²) in [5.41, 5.74) is 6.29. The normalized spacial score (nSPS) is 12.7. The number of primary amides is 1. The predicted molar refractivity (Wildman–Crippen MR) is 72.6 cm³/mol. The second-order valence-electron chi connectivity index (χ2n) is 4.11. The number of nitrogens with two attached hydrogens (primary N) is 1. The van der Waals surface area contributed by atoms with Crippen LogP contribution in [0.25, 0.3) is 0 Å². The number of halogens is 1. The van der Waals surface area contributed by atoms with Crippen molar-refractivity contribution in [1.82, 2.24) is 10.2 Å². The maximum absolute atomic E-state index is 11.5. The monoisotopic (exact) mass is 299 g/mol. The lowest BCUT2D eigenvalue weighted by molar-refractivity contribution is -0.120. The third-order valence-electron chi connectivity index (χ3n) is 2.41. The van der Waals surface area contributed by atoms with Gasteiger partial charge in [-0.3, -0.25) is 4.79 Å². The van der Waals surface area contributed by atoms with Crippen molar-refractivity contribution in [3.8, 4) is 0 Å². The van der Waals surface area contributed by atoms with Crippen LogP contribution in [0.3, 0.4) is 0 Å². The summed E-state index contributed by atoms with van der Waals surface area (Å²) in [7, 11) is 3.97. The van der Waals surface area contributed by atoms with E-state index in [1.807, 2.05) is 43.3 Å². The second kappa shape index (κ2) is 6.74. The summed E-state index contributed by atoms with van der Waals surface area (Å²) in [6.07, 6.45) is 0. The highest BCUT2D eigenvalue weighted by Crippen LogP contribution is 2.22. The molecule has 0 heterocycles. The number of nitrogens with one attached hydrogen (secondary N) is 1. The van der Waals surface area contributed by atoms with Crippen LogP contribution in [0.5, 0.6) is 0 Å². The maximum Gasteiger partial charge on any atom is 0.239 e. The Hall–Kier alpha value is -0.910. The third kappa shape index (κ3) is 4.46. The Morgan fingerprint density at radius 1 is 1.47 bits per heavy atom. The molecule has 4 nitrogen and oxygen atoms in total. The molecular weight excluding hydrogens is 282 g/mol. The van der Waals surface area contributed by atoms with E-state index in [1.165, 1.54) is 0 Å². The highest BCUT2D eigenvalue weighted by molar-refractivity contribution is 9.10. The van der Waals surface area contributed by atoms with Crippen molar-refractivity contribution >= 4 is 21.8 Å². The quantitative estimate of drug-likeness (QED) is 0.828. The minimum atomic E-state index is -0.453. The summed E-state index contributed by atoms with van der Waals surface area (Å²) in [5.74, 6) is -0.365. The summed E-state index contributed by atoms with van der Waals surface area (Å²) in [6.45, 7) is 1.57. The molecule has 0 bridgehead atoms. The van der Waals surface area contributed by atoms with Crippen LogP contribution in [0.4, 0.5) is 0 Å². The Kier molecular flexibility index (Phi) is 5.61. The highest BCUT2D eigenvalue weighted by atomic mass is 79.9. The zero-order chi connectivity index (χ0) is 12.8. The molecule has 0 saturated carbocycles. The van der Waals surface area contributed by atoms with Gasteiger partial charge in [-0.2, -0.15) is 0 Å². The Labute approximate surface area is 110 Å². The molecule has 3 N–H and O–H groups in total. The zero-order valence-electron chi connectivity index (χ0n) is 10.1. The van der Waals surface area contributed by atoms with Gasteiger partial charge in [-0.1, -0.05) is 34.1 Å². The molecule has 1 rings (SSSR count). The van der Waals surface area contributed by atoms with Crippen molar-refractivity contribution in [1.29, 1.82) is 0 Å². The van der Waals surface area contributed by atoms with Crippen molar-refractivity contribution in [2.24, 2.45) is 5.73 Å². The average molecular weight is 300 g/mol. The van der Waals surface area contributed by atoms with Crippen molar-refractivity contribution in [3.05, 3.63) is 34.3 Å². The SMILES string of the molecule is CN(C)CCNC(C(N)=O)c1ccccc1Br. The first-order valence-corrected chi connectivity index (χ1v) is 6.23. The minimum Gasteiger partial charge on any atom is -0.368 e. The van der Waals surface area contributed by atoms with Crippen LogP contribution in [-0.2, 0) is 4.79 Å². The molecule has 0 aliphatic carbocycles. The van der Waals surface area contributed by atoms with E-state index in [-0.39, 0.29) is 5.91 Å². The van der Waals surface area contributed by atoms with E-state index >= 15 is 0 Å². The first-order valence-electron chi connectivity index (χ1n) is 5.44. The number of hydrogen-bond donors (Lipinski definition) is 2. The van der Waals surface area contributed by atoms with E-state index in [0.29, 0.717) is 6.54 Å². The van der Waals surface area contributed by atoms with Gasteiger partial charge in [-0.15, -0.1) is 0 Å². The van der Waals surface area contributed by atoms with Gasteiger partial charge in [0.05, 0.1) is 0 Å². The molecule has 0 aromatic heterocycles. The number of amides is 1. The third-order valence-corrected chi connectivity index (χ3v) is 3.13.